The maximum absolute atomic E-state index is 14.6. The number of esters is 1. The standard InChI is InChI=1S/C50H80N8O12/c1-17-28(6)40-45(64)51-25-37(59)57(14)39(27(4)5)47(66)56(13)36(24-33-20-22-34(69-16)23-21-33)44(63)53-31(9)42(61)50(11,12)49(68)54-32(10)43(62)55-35(19-3)30(8)48(67)70-41(29(7)18-2)46(65)52-26-38(60)58(40)15/h20-23,27-32,35-36,39-41H,17-19,24-26H2,1-16H3,(H,51,64)(H,52,65)(H,53,63)(H,54,68)(H,55,62)/t28?,29-,30-,31?,32-,35+,36-,39-,40-,41-/m0/s1. The molecule has 392 valence electrons. The first-order chi connectivity index (χ1) is 32.6. The molecule has 5 N–H and O–H groups in total. The second-order valence-corrected chi connectivity index (χ2v) is 19.5. The van der Waals surface area contributed by atoms with E-state index in [1.807, 2.05) is 6.92 Å². The van der Waals surface area contributed by atoms with Gasteiger partial charge >= 0.3 is 5.97 Å². The lowest BCUT2D eigenvalue weighted by molar-refractivity contribution is -0.163. The highest BCUT2D eigenvalue weighted by atomic mass is 16.5. The lowest BCUT2D eigenvalue weighted by Gasteiger charge is -2.37. The van der Waals surface area contributed by atoms with E-state index in [2.05, 4.69) is 26.6 Å². The molecule has 2 rings (SSSR count). The van der Waals surface area contributed by atoms with Crippen LogP contribution in [0.5, 0.6) is 5.75 Å². The third-order valence-electron chi connectivity index (χ3n) is 13.6. The van der Waals surface area contributed by atoms with Crippen LogP contribution in [0.3, 0.4) is 0 Å². The van der Waals surface area contributed by atoms with Gasteiger partial charge < -0.3 is 50.8 Å². The van der Waals surface area contributed by atoms with Gasteiger partial charge in [0.1, 0.15) is 35.3 Å². The van der Waals surface area contributed by atoms with Crippen LogP contribution in [0.2, 0.25) is 0 Å². The summed E-state index contributed by atoms with van der Waals surface area (Å²) in [6.07, 6.45) is -0.234. The van der Waals surface area contributed by atoms with Gasteiger partial charge in [-0.05, 0) is 77.0 Å². The quantitative estimate of drug-likeness (QED) is 0.175. The number of carbonyl (C=O) groups is 10. The van der Waals surface area contributed by atoms with Gasteiger partial charge in [0.25, 0.3) is 5.91 Å². The number of methoxy groups -OCH3 is 1. The maximum atomic E-state index is 14.6. The molecule has 20 heteroatoms. The summed E-state index contributed by atoms with van der Waals surface area (Å²) in [4.78, 5) is 143. The molecule has 1 aliphatic heterocycles. The van der Waals surface area contributed by atoms with Gasteiger partial charge in [0.05, 0.1) is 32.2 Å². The number of rotatable bonds is 9. The molecule has 0 bridgehead atoms. The predicted molar refractivity (Wildman–Crippen MR) is 261 cm³/mol. The molecular formula is C50H80N8O12. The van der Waals surface area contributed by atoms with E-state index in [0.717, 1.165) is 0 Å². The molecule has 0 spiro atoms. The number of Topliss-reactive ketones (excluding diaryl/α,β-unsaturated/α-hetero) is 1. The van der Waals surface area contributed by atoms with Gasteiger partial charge in [0, 0.05) is 39.5 Å². The molecule has 0 radical (unpaired) electrons. The van der Waals surface area contributed by atoms with Crippen LogP contribution < -0.4 is 31.3 Å². The first-order valence-corrected chi connectivity index (χ1v) is 24.2. The molecule has 8 amide bonds. The highest BCUT2D eigenvalue weighted by Gasteiger charge is 2.43. The molecule has 1 saturated heterocycles. The lowest BCUT2D eigenvalue weighted by atomic mass is 9.83. The molecule has 10 atom stereocenters. The predicted octanol–water partition coefficient (Wildman–Crippen LogP) is 1.76. The smallest absolute Gasteiger partial charge is 0.311 e. The Balaban J connectivity index is 2.69. The zero-order valence-corrected chi connectivity index (χ0v) is 44.1. The van der Waals surface area contributed by atoms with Crippen LogP contribution in [0.15, 0.2) is 24.3 Å². The van der Waals surface area contributed by atoms with Gasteiger partial charge in [-0.2, -0.15) is 0 Å². The number of nitrogens with zero attached hydrogens (tertiary/aromatic N) is 3. The number of hydrogen-bond acceptors (Lipinski definition) is 12. The number of cyclic esters (lactones) is 1. The third kappa shape index (κ3) is 15.5. The Morgan fingerprint density at radius 1 is 0.671 bits per heavy atom. The van der Waals surface area contributed by atoms with Crippen LogP contribution in [0.1, 0.15) is 108 Å². The van der Waals surface area contributed by atoms with Gasteiger partial charge in [0.2, 0.25) is 41.4 Å². The Labute approximate surface area is 413 Å². The molecule has 1 aliphatic rings. The number of ketones is 1. The molecule has 1 heterocycles. The van der Waals surface area contributed by atoms with Gasteiger partial charge in [-0.1, -0.05) is 67.0 Å². The fourth-order valence-electron chi connectivity index (χ4n) is 8.18. The summed E-state index contributed by atoms with van der Waals surface area (Å²) >= 11 is 0. The van der Waals surface area contributed by atoms with Crippen molar-refractivity contribution in [2.45, 2.75) is 151 Å². The second kappa shape index (κ2) is 26.8. The average Bonchev–Trinajstić information content (AvgIpc) is 3.32. The molecule has 70 heavy (non-hydrogen) atoms. The van der Waals surface area contributed by atoms with E-state index in [4.69, 9.17) is 9.47 Å². The van der Waals surface area contributed by atoms with Crippen LogP contribution in [0, 0.1) is 29.1 Å². The van der Waals surface area contributed by atoms with E-state index in [-0.39, 0.29) is 12.8 Å². The van der Waals surface area contributed by atoms with Gasteiger partial charge in [0.15, 0.2) is 11.9 Å². The maximum Gasteiger partial charge on any atom is 0.311 e. The van der Waals surface area contributed by atoms with E-state index < -0.39 is 144 Å². The first kappa shape index (κ1) is 60.0. The largest absolute Gasteiger partial charge is 0.497 e. The zero-order chi connectivity index (χ0) is 53.5. The van der Waals surface area contributed by atoms with Crippen LogP contribution in [0.25, 0.3) is 0 Å². The van der Waals surface area contributed by atoms with Crippen molar-refractivity contribution >= 4 is 59.0 Å². The van der Waals surface area contributed by atoms with Crippen LogP contribution in [0.4, 0.5) is 0 Å². The lowest BCUT2D eigenvalue weighted by Crippen LogP contribution is -2.60. The Morgan fingerprint density at radius 3 is 1.70 bits per heavy atom. The first-order valence-electron chi connectivity index (χ1n) is 24.2. The van der Waals surface area contributed by atoms with E-state index in [1.165, 1.54) is 77.6 Å². The molecule has 1 aromatic carbocycles. The molecule has 0 aromatic heterocycles. The topological polar surface area (TPSA) is 259 Å². The molecule has 1 fully saturated rings. The minimum absolute atomic E-state index is 0.0333. The number of likely N-dealkylation sites (N-methyl/N-ethyl adjacent to an activating group) is 3. The number of benzene rings is 1. The Hall–Kier alpha value is -6.08. The van der Waals surface area contributed by atoms with Gasteiger partial charge in [-0.25, -0.2) is 0 Å². The molecular weight excluding hydrogens is 905 g/mol. The summed E-state index contributed by atoms with van der Waals surface area (Å²) in [5, 5.41) is 13.2. The van der Waals surface area contributed by atoms with Crippen molar-refractivity contribution in [1.82, 2.24) is 41.3 Å². The fraction of sp³-hybridized carbons (Fsp3) is 0.680. The number of hydrogen-bond donors (Lipinski definition) is 5. The molecule has 0 saturated carbocycles. The van der Waals surface area contributed by atoms with Crippen molar-refractivity contribution in [3.8, 4) is 5.75 Å². The van der Waals surface area contributed by atoms with E-state index in [1.54, 1.807) is 65.8 Å². The Morgan fingerprint density at radius 2 is 1.20 bits per heavy atom. The summed E-state index contributed by atoms with van der Waals surface area (Å²) in [5.41, 5.74) is -1.16. The number of carbonyl (C=O) groups excluding carboxylic acids is 10. The monoisotopic (exact) mass is 985 g/mol. The molecule has 1 aromatic rings. The highest BCUT2D eigenvalue weighted by molar-refractivity contribution is 6.09. The average molecular weight is 985 g/mol. The SMILES string of the molecule is CCC(C)[C@H]1C(=O)NCC(=O)N(C)[C@@H](C(C)C)C(=O)N(C)[C@@H](Cc2ccc(OC)cc2)C(=O)NC(C)C(=O)C(C)(C)C(=O)N[C@@H](C)C(=O)N[C@H](CC)[C@H](C)C(=O)O[C@@H]([C@@H](C)CC)C(=O)NCC(=O)N1C. The minimum Gasteiger partial charge on any atom is -0.497 e. The molecule has 20 nitrogen and oxygen atoms in total. The van der Waals surface area contributed by atoms with E-state index in [0.29, 0.717) is 24.2 Å². The van der Waals surface area contributed by atoms with Crippen molar-refractivity contribution < 1.29 is 57.4 Å². The summed E-state index contributed by atoms with van der Waals surface area (Å²) in [6, 6.07) is 0.0462. The fourth-order valence-corrected chi connectivity index (χ4v) is 8.18. The normalized spacial score (nSPS) is 27.1. The van der Waals surface area contributed by atoms with Gasteiger partial charge in [-0.15, -0.1) is 0 Å². The molecule has 2 unspecified atom stereocenters. The van der Waals surface area contributed by atoms with Gasteiger partial charge in [-0.3, -0.25) is 47.9 Å². The highest BCUT2D eigenvalue weighted by Crippen LogP contribution is 2.23. The number of amides is 8. The van der Waals surface area contributed by atoms with Crippen LogP contribution >= 0.6 is 0 Å². The van der Waals surface area contributed by atoms with Crippen molar-refractivity contribution in [2.75, 3.05) is 41.3 Å². The number of ether oxygens (including phenoxy) is 2. The summed E-state index contributed by atoms with van der Waals surface area (Å²) < 4.78 is 11.0. The summed E-state index contributed by atoms with van der Waals surface area (Å²) in [7, 11) is 5.72. The molecule has 0 aliphatic carbocycles. The Bertz CT molecular complexity index is 2040. The van der Waals surface area contributed by atoms with Crippen molar-refractivity contribution in [3.05, 3.63) is 29.8 Å². The van der Waals surface area contributed by atoms with Crippen molar-refractivity contribution in [3.63, 3.8) is 0 Å². The van der Waals surface area contributed by atoms with E-state index >= 15 is 0 Å². The van der Waals surface area contributed by atoms with Crippen molar-refractivity contribution in [1.29, 1.82) is 0 Å². The zero-order valence-electron chi connectivity index (χ0n) is 44.1. The second-order valence-electron chi connectivity index (χ2n) is 19.5. The number of nitrogens with one attached hydrogen (secondary N) is 5. The summed E-state index contributed by atoms with van der Waals surface area (Å²) in [5.74, 6) is -8.89. The van der Waals surface area contributed by atoms with Crippen molar-refractivity contribution in [2.24, 2.45) is 29.1 Å². The van der Waals surface area contributed by atoms with Crippen LogP contribution in [-0.4, -0.2) is 157 Å². The summed E-state index contributed by atoms with van der Waals surface area (Å²) in [6.45, 7) is 18.2. The Kier molecular flexibility index (Phi) is 23.0. The van der Waals surface area contributed by atoms with E-state index in [9.17, 15) is 47.9 Å². The third-order valence-corrected chi connectivity index (χ3v) is 13.6. The minimum atomic E-state index is -1.79. The van der Waals surface area contributed by atoms with Crippen LogP contribution in [-0.2, 0) is 59.1 Å².